The number of nitrogens with two attached hydrogens (primary N) is 1. The Balaban J connectivity index is 1.62. The molecule has 132 valence electrons. The zero-order valence-electron chi connectivity index (χ0n) is 14.8. The maximum Gasteiger partial charge on any atom is 0.193 e. The molecule has 3 N–H and O–H groups in total. The summed E-state index contributed by atoms with van der Waals surface area (Å²) in [5, 5.41) is 3.09. The van der Waals surface area contributed by atoms with Crippen LogP contribution in [-0.2, 0) is 6.54 Å². The van der Waals surface area contributed by atoms with Crippen molar-refractivity contribution in [3.8, 4) is 11.5 Å². The highest BCUT2D eigenvalue weighted by Gasteiger charge is 2.22. The van der Waals surface area contributed by atoms with Crippen LogP contribution >= 0.6 is 0 Å². The number of benzene rings is 2. The summed E-state index contributed by atoms with van der Waals surface area (Å²) in [5.41, 5.74) is 9.10. The van der Waals surface area contributed by atoms with Crippen molar-refractivity contribution >= 4 is 11.6 Å². The maximum absolute atomic E-state index is 6.00. The molecule has 1 aliphatic rings. The predicted molar refractivity (Wildman–Crippen MR) is 101 cm³/mol. The number of methoxy groups -OCH3 is 1. The van der Waals surface area contributed by atoms with Crippen LogP contribution in [0.1, 0.15) is 24.0 Å². The zero-order valence-corrected chi connectivity index (χ0v) is 14.8. The summed E-state index contributed by atoms with van der Waals surface area (Å²) in [6.07, 6.45) is 2.55. The molecular weight excluding hydrogens is 314 g/mol. The molecule has 0 spiro atoms. The summed E-state index contributed by atoms with van der Waals surface area (Å²) in [7, 11) is 1.64. The number of aliphatic imine (C=N–C) groups is 1. The fourth-order valence-corrected chi connectivity index (χ4v) is 2.45. The first-order valence-corrected chi connectivity index (χ1v) is 8.57. The maximum atomic E-state index is 6.00. The minimum atomic E-state index is 0.374. The highest BCUT2D eigenvalue weighted by Crippen LogP contribution is 2.31. The smallest absolute Gasteiger partial charge is 0.193 e. The molecule has 1 saturated carbocycles. The van der Waals surface area contributed by atoms with E-state index in [0.29, 0.717) is 12.5 Å². The molecule has 1 aliphatic carbocycles. The van der Waals surface area contributed by atoms with Gasteiger partial charge < -0.3 is 20.5 Å². The van der Waals surface area contributed by atoms with Crippen LogP contribution in [0.4, 0.5) is 5.69 Å². The van der Waals surface area contributed by atoms with Gasteiger partial charge in [0.15, 0.2) is 5.96 Å². The number of aryl methyl sites for hydroxylation is 1. The molecule has 3 rings (SSSR count). The highest BCUT2D eigenvalue weighted by molar-refractivity contribution is 5.92. The molecule has 25 heavy (non-hydrogen) atoms. The fourth-order valence-electron chi connectivity index (χ4n) is 2.45. The third-order valence-electron chi connectivity index (χ3n) is 4.18. The molecule has 0 atom stereocenters. The summed E-state index contributed by atoms with van der Waals surface area (Å²) in [5.74, 6) is 2.81. The van der Waals surface area contributed by atoms with Gasteiger partial charge in [-0.3, -0.25) is 0 Å². The molecule has 0 aliphatic heterocycles. The molecule has 0 amide bonds. The van der Waals surface area contributed by atoms with Crippen molar-refractivity contribution in [2.45, 2.75) is 26.3 Å². The monoisotopic (exact) mass is 339 g/mol. The molecule has 0 unspecified atom stereocenters. The number of anilines is 1. The quantitative estimate of drug-likeness (QED) is 0.596. The lowest BCUT2D eigenvalue weighted by Crippen LogP contribution is -2.22. The lowest BCUT2D eigenvalue weighted by Gasteiger charge is -2.12. The molecule has 5 heteroatoms. The highest BCUT2D eigenvalue weighted by atomic mass is 16.5. The van der Waals surface area contributed by atoms with E-state index < -0.39 is 0 Å². The van der Waals surface area contributed by atoms with E-state index in [4.69, 9.17) is 15.2 Å². The van der Waals surface area contributed by atoms with Crippen LogP contribution in [0.5, 0.6) is 11.5 Å². The van der Waals surface area contributed by atoms with Crippen LogP contribution in [0.2, 0.25) is 0 Å². The van der Waals surface area contributed by atoms with Crippen LogP contribution in [0.3, 0.4) is 0 Å². The lowest BCUT2D eigenvalue weighted by atomic mass is 10.1. The van der Waals surface area contributed by atoms with Crippen molar-refractivity contribution < 1.29 is 9.47 Å². The molecule has 0 aromatic heterocycles. The molecule has 0 heterocycles. The van der Waals surface area contributed by atoms with E-state index in [1.165, 1.54) is 18.4 Å². The summed E-state index contributed by atoms with van der Waals surface area (Å²) < 4.78 is 11.1. The summed E-state index contributed by atoms with van der Waals surface area (Å²) >= 11 is 0. The zero-order chi connectivity index (χ0) is 17.6. The van der Waals surface area contributed by atoms with Crippen LogP contribution in [-0.4, -0.2) is 19.7 Å². The second-order valence-electron chi connectivity index (χ2n) is 6.42. The van der Waals surface area contributed by atoms with E-state index >= 15 is 0 Å². The third kappa shape index (κ3) is 5.14. The molecular formula is C20H25N3O2. The third-order valence-corrected chi connectivity index (χ3v) is 4.18. The van der Waals surface area contributed by atoms with E-state index in [1.807, 2.05) is 24.3 Å². The topological polar surface area (TPSA) is 68.9 Å². The van der Waals surface area contributed by atoms with Crippen LogP contribution in [0, 0.1) is 12.8 Å². The number of rotatable bonds is 7. The van der Waals surface area contributed by atoms with Gasteiger partial charge in [0, 0.05) is 11.3 Å². The Hall–Kier alpha value is -2.69. The molecule has 0 bridgehead atoms. The normalized spacial score (nSPS) is 14.2. The Kier molecular flexibility index (Phi) is 5.43. The van der Waals surface area contributed by atoms with Gasteiger partial charge in [0.25, 0.3) is 0 Å². The van der Waals surface area contributed by atoms with Crippen molar-refractivity contribution in [3.63, 3.8) is 0 Å². The predicted octanol–water partition coefficient (Wildman–Crippen LogP) is 3.72. The largest absolute Gasteiger partial charge is 0.497 e. The molecule has 5 nitrogen and oxygen atoms in total. The number of guanidine groups is 1. The summed E-state index contributed by atoms with van der Waals surface area (Å²) in [6.45, 7) is 3.34. The van der Waals surface area contributed by atoms with Crippen molar-refractivity contribution in [2.75, 3.05) is 19.0 Å². The van der Waals surface area contributed by atoms with Crippen molar-refractivity contribution in [1.29, 1.82) is 0 Å². The Morgan fingerprint density at radius 3 is 2.64 bits per heavy atom. The van der Waals surface area contributed by atoms with E-state index in [9.17, 15) is 0 Å². The number of nitrogens with zero attached hydrogens (tertiary/aromatic N) is 1. The van der Waals surface area contributed by atoms with E-state index in [2.05, 4.69) is 35.4 Å². The van der Waals surface area contributed by atoms with Gasteiger partial charge in [-0.25, -0.2) is 4.99 Å². The standard InChI is InChI=1S/C20H25N3O2/c1-14-3-6-16(19(11-14)25-13-15-4-5-15)12-22-20(21)23-17-7-9-18(24-2)10-8-17/h3,6-11,15H,4-5,12-13H2,1-2H3,(H3,21,22,23). The molecule has 2 aromatic rings. The van der Waals surface area contributed by atoms with Crippen LogP contribution in [0.15, 0.2) is 47.5 Å². The molecule has 1 fully saturated rings. The minimum Gasteiger partial charge on any atom is -0.497 e. The molecule has 0 saturated heterocycles. The van der Waals surface area contributed by atoms with Crippen LogP contribution < -0.4 is 20.5 Å². The number of ether oxygens (including phenoxy) is 2. The number of hydrogen-bond donors (Lipinski definition) is 2. The van der Waals surface area contributed by atoms with E-state index in [-0.39, 0.29) is 0 Å². The first-order valence-electron chi connectivity index (χ1n) is 8.57. The Morgan fingerprint density at radius 1 is 1.20 bits per heavy atom. The second kappa shape index (κ2) is 7.92. The van der Waals surface area contributed by atoms with E-state index in [1.54, 1.807) is 7.11 Å². The van der Waals surface area contributed by atoms with E-state index in [0.717, 1.165) is 35.3 Å². The van der Waals surface area contributed by atoms with Gasteiger partial charge in [-0.1, -0.05) is 12.1 Å². The van der Waals surface area contributed by atoms with Gasteiger partial charge in [-0.2, -0.15) is 0 Å². The molecule has 2 aromatic carbocycles. The Morgan fingerprint density at radius 2 is 1.96 bits per heavy atom. The van der Waals surface area contributed by atoms with Crippen molar-refractivity contribution in [3.05, 3.63) is 53.6 Å². The fraction of sp³-hybridized carbons (Fsp3) is 0.350. The van der Waals surface area contributed by atoms with Crippen molar-refractivity contribution in [2.24, 2.45) is 16.6 Å². The SMILES string of the molecule is COc1ccc(NC(N)=NCc2ccc(C)cc2OCC2CC2)cc1. The van der Waals surface area contributed by atoms with Gasteiger partial charge >= 0.3 is 0 Å². The average molecular weight is 339 g/mol. The average Bonchev–Trinajstić information content (AvgIpc) is 3.44. The van der Waals surface area contributed by atoms with Crippen molar-refractivity contribution in [1.82, 2.24) is 0 Å². The molecule has 0 radical (unpaired) electrons. The van der Waals surface area contributed by atoms with Gasteiger partial charge in [-0.15, -0.1) is 0 Å². The van der Waals surface area contributed by atoms with Gasteiger partial charge in [-0.05, 0) is 61.6 Å². The van der Waals surface area contributed by atoms with Gasteiger partial charge in [0.2, 0.25) is 0 Å². The number of nitrogens with one attached hydrogen (secondary N) is 1. The first kappa shape index (κ1) is 17.1. The summed E-state index contributed by atoms with van der Waals surface area (Å²) in [4.78, 5) is 4.44. The second-order valence-corrected chi connectivity index (χ2v) is 6.42. The van der Waals surface area contributed by atoms with Gasteiger partial charge in [0.1, 0.15) is 11.5 Å². The van der Waals surface area contributed by atoms with Crippen LogP contribution in [0.25, 0.3) is 0 Å². The Labute approximate surface area is 148 Å². The number of hydrogen-bond acceptors (Lipinski definition) is 3. The van der Waals surface area contributed by atoms with Gasteiger partial charge in [0.05, 0.1) is 20.3 Å². The minimum absolute atomic E-state index is 0.374. The first-order chi connectivity index (χ1) is 12.1. The summed E-state index contributed by atoms with van der Waals surface area (Å²) in [6, 6.07) is 13.7. The lowest BCUT2D eigenvalue weighted by molar-refractivity contribution is 0.296. The Bertz CT molecular complexity index is 737.